The zero-order valence-electron chi connectivity index (χ0n) is 19.4. The normalized spacial score (nSPS) is 14.7. The van der Waals surface area contributed by atoms with Crippen molar-refractivity contribution in [3.63, 3.8) is 0 Å². The molecule has 0 saturated carbocycles. The first-order chi connectivity index (χ1) is 16.0. The van der Waals surface area contributed by atoms with Gasteiger partial charge in [0, 0.05) is 19.4 Å². The zero-order chi connectivity index (χ0) is 23.8. The van der Waals surface area contributed by atoms with Crippen LogP contribution in [0, 0.1) is 0 Å². The van der Waals surface area contributed by atoms with Gasteiger partial charge < -0.3 is 23.8 Å². The molecule has 7 heteroatoms. The van der Waals surface area contributed by atoms with Crippen molar-refractivity contribution in [2.75, 3.05) is 34.0 Å². The van der Waals surface area contributed by atoms with Crippen molar-refractivity contribution >= 4 is 18.0 Å². The molecule has 0 fully saturated rings. The second-order valence-electron chi connectivity index (χ2n) is 7.37. The predicted octanol–water partition coefficient (Wildman–Crippen LogP) is 3.98. The second kappa shape index (κ2) is 11.3. The number of amides is 1. The molecule has 0 saturated heterocycles. The Kier molecular flexibility index (Phi) is 8.27. The number of carbonyl (C=O) groups excluding carboxylic acids is 2. The summed E-state index contributed by atoms with van der Waals surface area (Å²) in [5.41, 5.74) is 2.84. The van der Waals surface area contributed by atoms with Crippen molar-refractivity contribution in [1.29, 1.82) is 0 Å². The molecular formula is C26H29NO6. The number of carbonyl (C=O) groups is 2. The van der Waals surface area contributed by atoms with Crippen LogP contribution >= 0.6 is 0 Å². The van der Waals surface area contributed by atoms with Crippen LogP contribution in [0.1, 0.15) is 25.0 Å². The van der Waals surface area contributed by atoms with Gasteiger partial charge in [-0.2, -0.15) is 0 Å². The van der Waals surface area contributed by atoms with Gasteiger partial charge in [0.15, 0.2) is 11.5 Å². The first-order valence-corrected chi connectivity index (χ1v) is 10.8. The summed E-state index contributed by atoms with van der Waals surface area (Å²) in [7, 11) is 3.12. The molecule has 0 spiro atoms. The SMILES string of the molecule is CCOC(=O)C1=C(C)N(CCOC)C(=O)/C1=C\c1ccc(OCc2ccccc2)c(OC)c1. The maximum atomic E-state index is 13.1. The van der Waals surface area contributed by atoms with E-state index in [0.29, 0.717) is 42.5 Å². The molecule has 0 unspecified atom stereocenters. The number of benzene rings is 2. The average molecular weight is 452 g/mol. The van der Waals surface area contributed by atoms with Crippen LogP contribution < -0.4 is 9.47 Å². The summed E-state index contributed by atoms with van der Waals surface area (Å²) in [6.07, 6.45) is 1.67. The fraction of sp³-hybridized carbons (Fsp3) is 0.308. The molecule has 0 aliphatic carbocycles. The van der Waals surface area contributed by atoms with Crippen molar-refractivity contribution in [1.82, 2.24) is 4.90 Å². The summed E-state index contributed by atoms with van der Waals surface area (Å²) < 4.78 is 21.7. The number of allylic oxidation sites excluding steroid dienone is 1. The minimum absolute atomic E-state index is 0.219. The van der Waals surface area contributed by atoms with Gasteiger partial charge in [0.1, 0.15) is 6.61 Å². The summed E-state index contributed by atoms with van der Waals surface area (Å²) in [5, 5.41) is 0. The van der Waals surface area contributed by atoms with E-state index in [1.54, 1.807) is 46.3 Å². The Labute approximate surface area is 194 Å². The van der Waals surface area contributed by atoms with Gasteiger partial charge in [-0.3, -0.25) is 4.79 Å². The van der Waals surface area contributed by atoms with Gasteiger partial charge >= 0.3 is 5.97 Å². The van der Waals surface area contributed by atoms with E-state index in [0.717, 1.165) is 5.56 Å². The predicted molar refractivity (Wildman–Crippen MR) is 125 cm³/mol. The molecule has 2 aromatic carbocycles. The molecule has 33 heavy (non-hydrogen) atoms. The zero-order valence-corrected chi connectivity index (χ0v) is 19.4. The lowest BCUT2D eigenvalue weighted by Gasteiger charge is -2.16. The van der Waals surface area contributed by atoms with Crippen LogP contribution in [0.5, 0.6) is 11.5 Å². The van der Waals surface area contributed by atoms with E-state index in [9.17, 15) is 9.59 Å². The van der Waals surface area contributed by atoms with Gasteiger partial charge in [0.25, 0.3) is 5.91 Å². The summed E-state index contributed by atoms with van der Waals surface area (Å²) >= 11 is 0. The van der Waals surface area contributed by atoms with Crippen LogP contribution in [-0.4, -0.2) is 50.8 Å². The maximum Gasteiger partial charge on any atom is 0.340 e. The molecule has 1 aliphatic heterocycles. The molecule has 0 N–H and O–H groups in total. The van der Waals surface area contributed by atoms with E-state index in [1.165, 1.54) is 4.90 Å². The van der Waals surface area contributed by atoms with Gasteiger partial charge in [0.05, 0.1) is 31.5 Å². The van der Waals surface area contributed by atoms with E-state index in [1.807, 2.05) is 36.4 Å². The summed E-state index contributed by atoms with van der Waals surface area (Å²) in [6, 6.07) is 15.2. The van der Waals surface area contributed by atoms with Gasteiger partial charge in [-0.25, -0.2) is 4.79 Å². The summed E-state index contributed by atoms with van der Waals surface area (Å²) in [4.78, 5) is 27.3. The number of methoxy groups -OCH3 is 2. The average Bonchev–Trinajstić information content (AvgIpc) is 3.06. The van der Waals surface area contributed by atoms with Gasteiger partial charge in [-0.05, 0) is 43.2 Å². The van der Waals surface area contributed by atoms with Crippen LogP contribution in [0.3, 0.4) is 0 Å². The number of rotatable bonds is 10. The smallest absolute Gasteiger partial charge is 0.340 e. The molecule has 0 atom stereocenters. The molecule has 1 amide bonds. The summed E-state index contributed by atoms with van der Waals surface area (Å²) in [6.45, 7) is 4.79. The Morgan fingerprint density at radius 2 is 1.82 bits per heavy atom. The molecule has 1 heterocycles. The number of nitrogens with zero attached hydrogens (tertiary/aromatic N) is 1. The molecular weight excluding hydrogens is 422 g/mol. The largest absolute Gasteiger partial charge is 0.493 e. The van der Waals surface area contributed by atoms with Crippen LogP contribution in [-0.2, 0) is 25.7 Å². The highest BCUT2D eigenvalue weighted by Crippen LogP contribution is 2.34. The highest BCUT2D eigenvalue weighted by Gasteiger charge is 2.36. The second-order valence-corrected chi connectivity index (χ2v) is 7.37. The minimum Gasteiger partial charge on any atom is -0.493 e. The Morgan fingerprint density at radius 1 is 1.06 bits per heavy atom. The molecule has 0 radical (unpaired) electrons. The van der Waals surface area contributed by atoms with Gasteiger partial charge in [0.2, 0.25) is 0 Å². The topological polar surface area (TPSA) is 74.3 Å². The van der Waals surface area contributed by atoms with E-state index in [2.05, 4.69) is 0 Å². The van der Waals surface area contributed by atoms with E-state index >= 15 is 0 Å². The van der Waals surface area contributed by atoms with Crippen molar-refractivity contribution in [2.24, 2.45) is 0 Å². The quantitative estimate of drug-likeness (QED) is 0.402. The number of hydrogen-bond donors (Lipinski definition) is 0. The van der Waals surface area contributed by atoms with Crippen molar-refractivity contribution in [3.05, 3.63) is 76.5 Å². The molecule has 174 valence electrons. The standard InChI is InChI=1S/C26H29NO6/c1-5-32-26(29)24-18(2)27(13-14-30-3)25(28)21(24)15-20-11-12-22(23(16-20)31-4)33-17-19-9-7-6-8-10-19/h6-12,15-16H,5,13-14,17H2,1-4H3/b21-15-. The van der Waals surface area contributed by atoms with Crippen molar-refractivity contribution < 1.29 is 28.5 Å². The molecule has 7 nitrogen and oxygen atoms in total. The monoisotopic (exact) mass is 451 g/mol. The minimum atomic E-state index is -0.524. The molecule has 1 aliphatic rings. The lowest BCUT2D eigenvalue weighted by atomic mass is 10.0. The number of esters is 1. The molecule has 3 rings (SSSR count). The van der Waals surface area contributed by atoms with Crippen molar-refractivity contribution in [3.8, 4) is 11.5 Å². The van der Waals surface area contributed by atoms with Crippen LogP contribution in [0.25, 0.3) is 6.08 Å². The first kappa shape index (κ1) is 24.1. The summed E-state index contributed by atoms with van der Waals surface area (Å²) in [5.74, 6) is 0.320. The Bertz CT molecular complexity index is 1060. The van der Waals surface area contributed by atoms with Crippen LogP contribution in [0.15, 0.2) is 65.4 Å². The first-order valence-electron chi connectivity index (χ1n) is 10.8. The van der Waals surface area contributed by atoms with Crippen LogP contribution in [0.2, 0.25) is 0 Å². The maximum absolute atomic E-state index is 13.1. The highest BCUT2D eigenvalue weighted by molar-refractivity contribution is 6.16. The van der Waals surface area contributed by atoms with E-state index in [4.69, 9.17) is 18.9 Å². The van der Waals surface area contributed by atoms with E-state index in [-0.39, 0.29) is 23.7 Å². The lowest BCUT2D eigenvalue weighted by Crippen LogP contribution is -2.28. The third kappa shape index (κ3) is 5.62. The fourth-order valence-electron chi connectivity index (χ4n) is 3.58. The Morgan fingerprint density at radius 3 is 2.48 bits per heavy atom. The highest BCUT2D eigenvalue weighted by atomic mass is 16.5. The van der Waals surface area contributed by atoms with Crippen LogP contribution in [0.4, 0.5) is 0 Å². The van der Waals surface area contributed by atoms with Gasteiger partial charge in [-0.15, -0.1) is 0 Å². The third-order valence-electron chi connectivity index (χ3n) is 5.25. The fourth-order valence-corrected chi connectivity index (χ4v) is 3.58. The van der Waals surface area contributed by atoms with Gasteiger partial charge in [-0.1, -0.05) is 36.4 Å². The molecule has 0 bridgehead atoms. The molecule has 2 aromatic rings. The molecule has 0 aromatic heterocycles. The Hall–Kier alpha value is -3.58. The number of hydrogen-bond acceptors (Lipinski definition) is 6. The number of ether oxygens (including phenoxy) is 4. The Balaban J connectivity index is 1.90. The lowest BCUT2D eigenvalue weighted by molar-refractivity contribution is -0.138. The third-order valence-corrected chi connectivity index (χ3v) is 5.25. The van der Waals surface area contributed by atoms with Crippen molar-refractivity contribution in [2.45, 2.75) is 20.5 Å². The van der Waals surface area contributed by atoms with E-state index < -0.39 is 5.97 Å².